The van der Waals surface area contributed by atoms with Crippen LogP contribution in [0.15, 0.2) is 23.3 Å². The minimum absolute atomic E-state index is 0.0513. The number of aryl methyl sites for hydroxylation is 1. The lowest BCUT2D eigenvalue weighted by atomic mass is 9.89. The van der Waals surface area contributed by atoms with E-state index in [0.29, 0.717) is 22.6 Å². The van der Waals surface area contributed by atoms with Gasteiger partial charge in [-0.3, -0.25) is 14.2 Å². The highest BCUT2D eigenvalue weighted by Gasteiger charge is 2.23. The van der Waals surface area contributed by atoms with Gasteiger partial charge in [0, 0.05) is 16.3 Å². The minimum Gasteiger partial charge on any atom is -0.291 e. The van der Waals surface area contributed by atoms with Gasteiger partial charge in [0.2, 0.25) is 10.0 Å². The third kappa shape index (κ3) is 4.56. The summed E-state index contributed by atoms with van der Waals surface area (Å²) in [5, 5.41) is 0.677. The maximum atomic E-state index is 13.1. The summed E-state index contributed by atoms with van der Waals surface area (Å²) in [6, 6.07) is 3.55. The van der Waals surface area contributed by atoms with Crippen molar-refractivity contribution in [1.82, 2.24) is 14.3 Å². The number of carbonyl (C=O) groups excluding carboxylic acids is 1. The molecule has 0 bridgehead atoms. The van der Waals surface area contributed by atoms with E-state index in [1.54, 1.807) is 17.4 Å². The maximum absolute atomic E-state index is 13.1. The van der Waals surface area contributed by atoms with Crippen LogP contribution in [0.5, 0.6) is 0 Å². The highest BCUT2D eigenvalue weighted by atomic mass is 32.2. The smallest absolute Gasteiger partial charge is 0.262 e. The van der Waals surface area contributed by atoms with Crippen molar-refractivity contribution < 1.29 is 13.2 Å². The molecule has 1 aliphatic carbocycles. The number of sulfonamides is 1. The van der Waals surface area contributed by atoms with Crippen LogP contribution in [-0.2, 0) is 35.8 Å². The molecule has 0 saturated carbocycles. The Hall–Kier alpha value is -1.88. The molecule has 10 heteroatoms. The number of aromatic nitrogens is 2. The van der Waals surface area contributed by atoms with E-state index < -0.39 is 10.0 Å². The first-order chi connectivity index (χ1) is 14.2. The molecular weight excluding hydrogens is 442 g/mol. The Kier molecular flexibility index (Phi) is 5.93. The van der Waals surface area contributed by atoms with Crippen molar-refractivity contribution in [2.75, 3.05) is 12.8 Å². The van der Waals surface area contributed by atoms with E-state index in [2.05, 4.69) is 16.6 Å². The summed E-state index contributed by atoms with van der Waals surface area (Å²) in [5.41, 5.74) is 0.971. The molecule has 1 atom stereocenters. The Labute approximate surface area is 182 Å². The molecule has 4 rings (SSSR count). The van der Waals surface area contributed by atoms with Gasteiger partial charge < -0.3 is 0 Å². The van der Waals surface area contributed by atoms with E-state index in [1.165, 1.54) is 27.1 Å². The summed E-state index contributed by atoms with van der Waals surface area (Å²) in [6.45, 7) is 2.46. The molecule has 1 N–H and O–H groups in total. The number of carbonyl (C=O) groups is 1. The maximum Gasteiger partial charge on any atom is 0.262 e. The molecule has 3 aromatic heterocycles. The number of nitrogens with zero attached hydrogens (tertiary/aromatic N) is 2. The summed E-state index contributed by atoms with van der Waals surface area (Å²) >= 11 is 2.93. The van der Waals surface area contributed by atoms with Crippen molar-refractivity contribution in [2.45, 2.75) is 39.2 Å². The molecule has 0 radical (unpaired) electrons. The fourth-order valence-electron chi connectivity index (χ4n) is 3.73. The first-order valence-electron chi connectivity index (χ1n) is 9.77. The second-order valence-corrected chi connectivity index (χ2v) is 11.9. The average molecular weight is 466 g/mol. The standard InChI is InChI=1S/C20H23N3O4S3/c1-12-3-5-14-17(9-12)29-19-18(14)20(25)23(11-21-19)10-15(24)16-6-4-13(28-16)7-8-22-30(2,26)27/h4,6,11-12,22H,3,5,7-10H2,1-2H3. The third-order valence-electron chi connectivity index (χ3n) is 5.27. The number of hydrogen-bond donors (Lipinski definition) is 1. The lowest BCUT2D eigenvalue weighted by Crippen LogP contribution is -2.25. The van der Waals surface area contributed by atoms with Crippen LogP contribution in [0.25, 0.3) is 10.2 Å². The van der Waals surface area contributed by atoms with Gasteiger partial charge in [0.15, 0.2) is 5.78 Å². The van der Waals surface area contributed by atoms with Crippen LogP contribution in [0, 0.1) is 5.92 Å². The van der Waals surface area contributed by atoms with Crippen LogP contribution in [0.4, 0.5) is 0 Å². The van der Waals surface area contributed by atoms with Crippen molar-refractivity contribution in [3.8, 4) is 0 Å². The molecule has 160 valence electrons. The van der Waals surface area contributed by atoms with E-state index in [1.807, 2.05) is 6.07 Å². The van der Waals surface area contributed by atoms with Crippen LogP contribution < -0.4 is 10.3 Å². The number of Topliss-reactive ketones (excluding diaryl/α,β-unsaturated/α-hetero) is 1. The van der Waals surface area contributed by atoms with E-state index in [-0.39, 0.29) is 24.4 Å². The Morgan fingerprint density at radius 1 is 1.33 bits per heavy atom. The fraction of sp³-hybridized carbons (Fsp3) is 0.450. The highest BCUT2D eigenvalue weighted by molar-refractivity contribution is 7.88. The summed E-state index contributed by atoms with van der Waals surface area (Å²) in [5.74, 6) is 0.471. The molecular formula is C20H23N3O4S3. The van der Waals surface area contributed by atoms with Gasteiger partial charge in [-0.05, 0) is 49.3 Å². The molecule has 3 heterocycles. The highest BCUT2D eigenvalue weighted by Crippen LogP contribution is 2.35. The van der Waals surface area contributed by atoms with Crippen LogP contribution >= 0.6 is 22.7 Å². The second kappa shape index (κ2) is 8.33. The molecule has 0 saturated heterocycles. The lowest BCUT2D eigenvalue weighted by molar-refractivity contribution is 0.0974. The Morgan fingerprint density at radius 3 is 2.90 bits per heavy atom. The number of nitrogens with one attached hydrogen (secondary N) is 1. The molecule has 1 aliphatic rings. The molecule has 0 amide bonds. The minimum atomic E-state index is -3.23. The SMILES string of the molecule is CC1CCc2c(sc3ncn(CC(=O)c4ccc(CCNS(C)(=O)=O)s4)c(=O)c23)C1. The Morgan fingerprint density at radius 2 is 2.13 bits per heavy atom. The third-order valence-corrected chi connectivity index (χ3v) is 8.35. The topological polar surface area (TPSA) is 98.1 Å². The van der Waals surface area contributed by atoms with Gasteiger partial charge in [-0.2, -0.15) is 0 Å². The quantitative estimate of drug-likeness (QED) is 0.541. The molecule has 3 aromatic rings. The molecule has 0 fully saturated rings. The van der Waals surface area contributed by atoms with Crippen molar-refractivity contribution in [1.29, 1.82) is 0 Å². The first kappa shape index (κ1) is 21.4. The molecule has 30 heavy (non-hydrogen) atoms. The summed E-state index contributed by atoms with van der Waals surface area (Å²) < 4.78 is 26.1. The first-order valence-corrected chi connectivity index (χ1v) is 13.3. The van der Waals surface area contributed by atoms with Gasteiger partial charge in [-0.15, -0.1) is 22.7 Å². The number of fused-ring (bicyclic) bond motifs is 3. The Balaban J connectivity index is 1.51. The van der Waals surface area contributed by atoms with Crippen molar-refractivity contribution >= 4 is 48.7 Å². The van der Waals surface area contributed by atoms with Gasteiger partial charge in [0.1, 0.15) is 4.83 Å². The predicted octanol–water partition coefficient (Wildman–Crippen LogP) is 2.62. The van der Waals surface area contributed by atoms with E-state index in [9.17, 15) is 18.0 Å². The van der Waals surface area contributed by atoms with Crippen LogP contribution in [-0.4, -0.2) is 36.6 Å². The summed E-state index contributed by atoms with van der Waals surface area (Å²) in [7, 11) is -3.23. The zero-order valence-electron chi connectivity index (χ0n) is 16.8. The van der Waals surface area contributed by atoms with E-state index >= 15 is 0 Å². The fourth-order valence-corrected chi connectivity index (χ4v) is 6.48. The van der Waals surface area contributed by atoms with Gasteiger partial charge in [-0.25, -0.2) is 18.1 Å². The van der Waals surface area contributed by atoms with E-state index in [0.717, 1.165) is 40.8 Å². The van der Waals surface area contributed by atoms with Crippen LogP contribution in [0.2, 0.25) is 0 Å². The van der Waals surface area contributed by atoms with Gasteiger partial charge in [0.05, 0.1) is 29.4 Å². The largest absolute Gasteiger partial charge is 0.291 e. The predicted molar refractivity (Wildman–Crippen MR) is 120 cm³/mol. The normalized spacial score (nSPS) is 16.7. The van der Waals surface area contributed by atoms with Crippen molar-refractivity contribution in [3.63, 3.8) is 0 Å². The molecule has 0 spiro atoms. The zero-order valence-corrected chi connectivity index (χ0v) is 19.3. The molecule has 0 aromatic carbocycles. The zero-order chi connectivity index (χ0) is 21.5. The average Bonchev–Trinajstić information content (AvgIpc) is 3.27. The van der Waals surface area contributed by atoms with Crippen LogP contribution in [0.3, 0.4) is 0 Å². The second-order valence-electron chi connectivity index (χ2n) is 7.82. The number of rotatable bonds is 7. The lowest BCUT2D eigenvalue weighted by Gasteiger charge is -2.17. The van der Waals surface area contributed by atoms with Gasteiger partial charge >= 0.3 is 0 Å². The Bertz CT molecular complexity index is 1270. The van der Waals surface area contributed by atoms with Crippen LogP contribution in [0.1, 0.15) is 38.3 Å². The van der Waals surface area contributed by atoms with Gasteiger partial charge in [0.25, 0.3) is 5.56 Å². The number of thiophene rings is 2. The summed E-state index contributed by atoms with van der Waals surface area (Å²) in [4.78, 5) is 33.7. The van der Waals surface area contributed by atoms with Gasteiger partial charge in [-0.1, -0.05) is 6.92 Å². The van der Waals surface area contributed by atoms with Crippen molar-refractivity contribution in [3.05, 3.63) is 49.0 Å². The molecule has 7 nitrogen and oxygen atoms in total. The number of ketones is 1. The summed E-state index contributed by atoms with van der Waals surface area (Å²) in [6.07, 6.45) is 6.04. The molecule has 0 aliphatic heterocycles. The monoisotopic (exact) mass is 465 g/mol. The van der Waals surface area contributed by atoms with E-state index in [4.69, 9.17) is 0 Å². The van der Waals surface area contributed by atoms with Crippen molar-refractivity contribution in [2.24, 2.45) is 5.92 Å². The molecule has 1 unspecified atom stereocenters. The number of hydrogen-bond acceptors (Lipinski definition) is 7.